The highest BCUT2D eigenvalue weighted by molar-refractivity contribution is 5.76. The molecule has 0 saturated heterocycles. The second-order valence-electron chi connectivity index (χ2n) is 5.57. The van der Waals surface area contributed by atoms with Gasteiger partial charge in [-0.15, -0.1) is 0 Å². The second kappa shape index (κ2) is 4.76. The van der Waals surface area contributed by atoms with Crippen LogP contribution in [0.2, 0.25) is 0 Å². The zero-order valence-corrected chi connectivity index (χ0v) is 11.6. The van der Waals surface area contributed by atoms with Gasteiger partial charge >= 0.3 is 0 Å². The Hall–Kier alpha value is -2.13. The third kappa shape index (κ3) is 2.10. The fourth-order valence-corrected chi connectivity index (χ4v) is 2.33. The van der Waals surface area contributed by atoms with Gasteiger partial charge in [0.05, 0.1) is 6.61 Å². The molecule has 0 amide bonds. The smallest absolute Gasteiger partial charge is 0.227 e. The molecule has 0 saturated carbocycles. The highest BCUT2D eigenvalue weighted by atomic mass is 16.3. The molecule has 1 heterocycles. The van der Waals surface area contributed by atoms with Gasteiger partial charge in [0.15, 0.2) is 5.58 Å². The summed E-state index contributed by atoms with van der Waals surface area (Å²) in [5.74, 6) is 0.600. The minimum absolute atomic E-state index is 0.0737. The van der Waals surface area contributed by atoms with E-state index < -0.39 is 0 Å². The van der Waals surface area contributed by atoms with E-state index in [0.717, 1.165) is 22.2 Å². The van der Waals surface area contributed by atoms with Crippen LogP contribution in [0.5, 0.6) is 0 Å². The van der Waals surface area contributed by atoms with Crippen molar-refractivity contribution in [2.24, 2.45) is 0 Å². The van der Waals surface area contributed by atoms with Crippen molar-refractivity contribution in [2.75, 3.05) is 6.61 Å². The van der Waals surface area contributed by atoms with Gasteiger partial charge in [-0.25, -0.2) is 4.98 Å². The number of para-hydroxylation sites is 2. The first-order chi connectivity index (χ1) is 9.62. The number of fused-ring (bicyclic) bond motifs is 1. The molecule has 0 aliphatic carbocycles. The average molecular weight is 267 g/mol. The highest BCUT2D eigenvalue weighted by Crippen LogP contribution is 2.33. The number of aliphatic hydroxyl groups excluding tert-OH is 1. The van der Waals surface area contributed by atoms with Gasteiger partial charge in [-0.2, -0.15) is 0 Å². The molecule has 3 nitrogen and oxygen atoms in total. The molecule has 3 rings (SSSR count). The number of hydrogen-bond donors (Lipinski definition) is 1. The molecule has 0 atom stereocenters. The molecular weight excluding hydrogens is 250 g/mol. The molecule has 0 unspecified atom stereocenters. The normalized spacial score (nSPS) is 11.9. The predicted molar refractivity (Wildman–Crippen MR) is 79.6 cm³/mol. The van der Waals surface area contributed by atoms with E-state index in [4.69, 9.17) is 4.42 Å². The maximum atomic E-state index is 9.61. The van der Waals surface area contributed by atoms with E-state index in [1.807, 2.05) is 62.4 Å². The van der Waals surface area contributed by atoms with Gasteiger partial charge in [-0.1, -0.05) is 44.2 Å². The number of nitrogens with zero attached hydrogens (tertiary/aromatic N) is 1. The van der Waals surface area contributed by atoms with Crippen LogP contribution in [0.3, 0.4) is 0 Å². The molecule has 20 heavy (non-hydrogen) atoms. The van der Waals surface area contributed by atoms with Gasteiger partial charge in [0.25, 0.3) is 0 Å². The summed E-state index contributed by atoms with van der Waals surface area (Å²) >= 11 is 0. The van der Waals surface area contributed by atoms with E-state index >= 15 is 0 Å². The standard InChI is InChI=1S/C17H17NO2/c1-17(2,11-19)13-8-4-3-7-12(13)16-18-14-9-5-6-10-15(14)20-16/h3-10,19H,11H2,1-2H3. The molecule has 3 heteroatoms. The minimum atomic E-state index is -0.336. The highest BCUT2D eigenvalue weighted by Gasteiger charge is 2.24. The van der Waals surface area contributed by atoms with Gasteiger partial charge in [0, 0.05) is 11.0 Å². The Morgan fingerprint density at radius 1 is 1.05 bits per heavy atom. The van der Waals surface area contributed by atoms with Crippen LogP contribution in [0.25, 0.3) is 22.6 Å². The molecule has 0 aliphatic heterocycles. The van der Waals surface area contributed by atoms with Crippen molar-refractivity contribution < 1.29 is 9.52 Å². The fourth-order valence-electron chi connectivity index (χ4n) is 2.33. The van der Waals surface area contributed by atoms with E-state index in [9.17, 15) is 5.11 Å². The number of hydrogen-bond acceptors (Lipinski definition) is 3. The zero-order chi connectivity index (χ0) is 14.2. The van der Waals surface area contributed by atoms with Crippen molar-refractivity contribution in [3.8, 4) is 11.5 Å². The van der Waals surface area contributed by atoms with Crippen molar-refractivity contribution in [3.63, 3.8) is 0 Å². The molecular formula is C17H17NO2. The molecule has 2 aromatic carbocycles. The average Bonchev–Trinajstić information content (AvgIpc) is 2.91. The summed E-state index contributed by atoms with van der Waals surface area (Å²) in [5, 5.41) is 9.61. The van der Waals surface area contributed by atoms with Crippen LogP contribution >= 0.6 is 0 Å². The first-order valence-corrected chi connectivity index (χ1v) is 6.68. The molecule has 102 valence electrons. The Balaban J connectivity index is 2.19. The molecule has 0 aliphatic rings. The van der Waals surface area contributed by atoms with Crippen LogP contribution in [0.15, 0.2) is 52.9 Å². The van der Waals surface area contributed by atoms with Gasteiger partial charge < -0.3 is 9.52 Å². The van der Waals surface area contributed by atoms with Gasteiger partial charge in [-0.05, 0) is 23.8 Å². The lowest BCUT2D eigenvalue weighted by atomic mass is 9.82. The van der Waals surface area contributed by atoms with E-state index in [0.29, 0.717) is 5.89 Å². The molecule has 0 fully saturated rings. The van der Waals surface area contributed by atoms with Crippen LogP contribution in [-0.2, 0) is 5.41 Å². The number of benzene rings is 2. The largest absolute Gasteiger partial charge is 0.436 e. The lowest BCUT2D eigenvalue weighted by Gasteiger charge is -2.24. The van der Waals surface area contributed by atoms with E-state index in [1.54, 1.807) is 0 Å². The van der Waals surface area contributed by atoms with Crippen LogP contribution in [0.4, 0.5) is 0 Å². The Morgan fingerprint density at radius 3 is 2.50 bits per heavy atom. The molecule has 1 aromatic heterocycles. The summed E-state index contributed by atoms with van der Waals surface area (Å²) in [6.45, 7) is 4.09. The summed E-state index contributed by atoms with van der Waals surface area (Å²) in [5.41, 5.74) is 3.26. The summed E-state index contributed by atoms with van der Waals surface area (Å²) < 4.78 is 5.84. The topological polar surface area (TPSA) is 46.3 Å². The van der Waals surface area contributed by atoms with Gasteiger partial charge in [-0.3, -0.25) is 0 Å². The third-order valence-electron chi connectivity index (χ3n) is 3.58. The van der Waals surface area contributed by atoms with Gasteiger partial charge in [0.1, 0.15) is 5.52 Å². The maximum absolute atomic E-state index is 9.61. The van der Waals surface area contributed by atoms with Crippen LogP contribution in [0, 0.1) is 0 Å². The van der Waals surface area contributed by atoms with Crippen molar-refractivity contribution >= 4 is 11.1 Å². The Bertz CT molecular complexity index is 710. The molecule has 0 radical (unpaired) electrons. The Labute approximate surface area is 117 Å². The van der Waals surface area contributed by atoms with Crippen molar-refractivity contribution in [3.05, 3.63) is 54.1 Å². The monoisotopic (exact) mass is 267 g/mol. The summed E-state index contributed by atoms with van der Waals surface area (Å²) in [7, 11) is 0. The first kappa shape index (κ1) is 12.9. The van der Waals surface area contributed by atoms with Crippen molar-refractivity contribution in [2.45, 2.75) is 19.3 Å². The second-order valence-corrected chi connectivity index (χ2v) is 5.57. The Morgan fingerprint density at radius 2 is 1.75 bits per heavy atom. The molecule has 0 bridgehead atoms. The van der Waals surface area contributed by atoms with Crippen LogP contribution < -0.4 is 0 Å². The van der Waals surface area contributed by atoms with Gasteiger partial charge in [0.2, 0.25) is 5.89 Å². The van der Waals surface area contributed by atoms with E-state index in [-0.39, 0.29) is 12.0 Å². The van der Waals surface area contributed by atoms with Crippen LogP contribution in [0.1, 0.15) is 19.4 Å². The first-order valence-electron chi connectivity index (χ1n) is 6.68. The third-order valence-corrected chi connectivity index (χ3v) is 3.58. The predicted octanol–water partition coefficient (Wildman–Crippen LogP) is 3.76. The number of aliphatic hydroxyl groups is 1. The van der Waals surface area contributed by atoms with Crippen molar-refractivity contribution in [1.82, 2.24) is 4.98 Å². The Kier molecular flexibility index (Phi) is 3.07. The summed E-state index contributed by atoms with van der Waals surface area (Å²) in [6.07, 6.45) is 0. The minimum Gasteiger partial charge on any atom is -0.436 e. The maximum Gasteiger partial charge on any atom is 0.227 e. The molecule has 1 N–H and O–H groups in total. The number of oxazole rings is 1. The molecule has 0 spiro atoms. The summed E-state index contributed by atoms with van der Waals surface area (Å²) in [4.78, 5) is 4.54. The zero-order valence-electron chi connectivity index (χ0n) is 11.6. The summed E-state index contributed by atoms with van der Waals surface area (Å²) in [6, 6.07) is 15.6. The number of aromatic nitrogens is 1. The SMILES string of the molecule is CC(C)(CO)c1ccccc1-c1nc2ccccc2o1. The lowest BCUT2D eigenvalue weighted by molar-refractivity contribution is 0.218. The van der Waals surface area contributed by atoms with E-state index in [1.165, 1.54) is 0 Å². The van der Waals surface area contributed by atoms with E-state index in [2.05, 4.69) is 4.98 Å². The van der Waals surface area contributed by atoms with Crippen molar-refractivity contribution in [1.29, 1.82) is 0 Å². The molecule has 3 aromatic rings. The number of rotatable bonds is 3. The fraction of sp³-hybridized carbons (Fsp3) is 0.235. The van der Waals surface area contributed by atoms with Crippen LogP contribution in [-0.4, -0.2) is 16.7 Å². The quantitative estimate of drug-likeness (QED) is 0.785. The lowest BCUT2D eigenvalue weighted by Crippen LogP contribution is -2.22.